The maximum Gasteiger partial charge on any atom is 0.138 e. The molecule has 72 valence electrons. The second-order valence-corrected chi connectivity index (χ2v) is 3.78. The monoisotopic (exact) mass is 173 g/mol. The second kappa shape index (κ2) is 3.70. The summed E-state index contributed by atoms with van der Waals surface area (Å²) in [6.45, 7) is 8.26. The molecule has 0 aromatic carbocycles. The Bertz CT molecular complexity index is 128. The van der Waals surface area contributed by atoms with E-state index in [1.54, 1.807) is 0 Å². The van der Waals surface area contributed by atoms with Crippen LogP contribution >= 0.6 is 0 Å². The summed E-state index contributed by atoms with van der Waals surface area (Å²) in [5.74, 6) is 0. The Morgan fingerprint density at radius 3 is 1.75 bits per heavy atom. The molecule has 1 saturated heterocycles. The molecule has 0 bridgehead atoms. The van der Waals surface area contributed by atoms with Gasteiger partial charge in [-0.25, -0.2) is 0 Å². The van der Waals surface area contributed by atoms with E-state index < -0.39 is 0 Å². The zero-order valence-corrected chi connectivity index (χ0v) is 8.09. The molecule has 4 nitrogen and oxygen atoms in total. The van der Waals surface area contributed by atoms with Gasteiger partial charge in [-0.05, 0) is 0 Å². The lowest BCUT2D eigenvalue weighted by atomic mass is 10.2. The summed E-state index contributed by atoms with van der Waals surface area (Å²) in [4.78, 5) is 0. The lowest BCUT2D eigenvalue weighted by molar-refractivity contribution is -0.971. The maximum atomic E-state index is 5.97. The van der Waals surface area contributed by atoms with E-state index in [1.807, 2.05) is 0 Å². The van der Waals surface area contributed by atoms with E-state index in [0.717, 1.165) is 30.7 Å². The standard InChI is InChI=1S/C8H21N4/c1-7(9)12(8(2)10)5-3-11-4-6-12/h7-8,11H,3-6,9-10H2,1-2H3/q+1. The van der Waals surface area contributed by atoms with Crippen molar-refractivity contribution >= 4 is 0 Å². The van der Waals surface area contributed by atoms with Gasteiger partial charge in [0.05, 0.1) is 13.1 Å². The van der Waals surface area contributed by atoms with Crippen molar-refractivity contribution in [2.24, 2.45) is 11.5 Å². The van der Waals surface area contributed by atoms with Crippen LogP contribution in [0.25, 0.3) is 0 Å². The molecule has 0 saturated carbocycles. The Morgan fingerprint density at radius 2 is 1.50 bits per heavy atom. The maximum absolute atomic E-state index is 5.97. The largest absolute Gasteiger partial charge is 0.306 e. The zero-order chi connectivity index (χ0) is 9.19. The highest BCUT2D eigenvalue weighted by molar-refractivity contribution is 4.61. The summed E-state index contributed by atoms with van der Waals surface area (Å²) in [6.07, 6.45) is 0.291. The predicted octanol–water partition coefficient (Wildman–Crippen LogP) is -0.984. The van der Waals surface area contributed by atoms with E-state index in [1.165, 1.54) is 0 Å². The molecule has 0 aromatic rings. The lowest BCUT2D eigenvalue weighted by Gasteiger charge is -2.47. The van der Waals surface area contributed by atoms with Crippen LogP contribution < -0.4 is 16.8 Å². The molecule has 0 radical (unpaired) electrons. The van der Waals surface area contributed by atoms with Gasteiger partial charge in [0.1, 0.15) is 12.3 Å². The van der Waals surface area contributed by atoms with Gasteiger partial charge in [-0.2, -0.15) is 0 Å². The van der Waals surface area contributed by atoms with Crippen LogP contribution in [0.4, 0.5) is 0 Å². The van der Waals surface area contributed by atoms with Gasteiger partial charge < -0.3 is 5.32 Å². The Balaban J connectivity index is 2.70. The summed E-state index contributed by atoms with van der Waals surface area (Å²) in [5, 5.41) is 3.32. The molecule has 2 unspecified atom stereocenters. The molecular formula is C8H21N4+. The van der Waals surface area contributed by atoms with Gasteiger partial charge in [0.25, 0.3) is 0 Å². The molecule has 1 rings (SSSR count). The molecule has 1 heterocycles. The number of hydrogen-bond donors (Lipinski definition) is 3. The normalized spacial score (nSPS) is 28.0. The van der Waals surface area contributed by atoms with Gasteiger partial charge in [0, 0.05) is 26.9 Å². The molecule has 1 aliphatic rings. The van der Waals surface area contributed by atoms with Crippen molar-refractivity contribution in [2.45, 2.75) is 26.2 Å². The van der Waals surface area contributed by atoms with Crippen molar-refractivity contribution in [3.63, 3.8) is 0 Å². The molecule has 12 heavy (non-hydrogen) atoms. The van der Waals surface area contributed by atoms with Crippen molar-refractivity contribution in [1.29, 1.82) is 0 Å². The second-order valence-electron chi connectivity index (χ2n) is 3.78. The first-order valence-electron chi connectivity index (χ1n) is 4.68. The van der Waals surface area contributed by atoms with Crippen LogP contribution in [0, 0.1) is 0 Å². The Kier molecular flexibility index (Phi) is 3.06. The first-order valence-corrected chi connectivity index (χ1v) is 4.68. The van der Waals surface area contributed by atoms with Crippen molar-refractivity contribution in [2.75, 3.05) is 26.2 Å². The van der Waals surface area contributed by atoms with Crippen molar-refractivity contribution in [3.8, 4) is 0 Å². The molecule has 2 atom stereocenters. The fourth-order valence-corrected chi connectivity index (χ4v) is 2.00. The third-order valence-electron chi connectivity index (χ3n) is 3.03. The van der Waals surface area contributed by atoms with E-state index in [-0.39, 0.29) is 12.3 Å². The van der Waals surface area contributed by atoms with Gasteiger partial charge in [0.2, 0.25) is 0 Å². The first-order chi connectivity index (χ1) is 5.59. The van der Waals surface area contributed by atoms with Crippen LogP contribution in [-0.2, 0) is 0 Å². The smallest absolute Gasteiger partial charge is 0.138 e. The minimum Gasteiger partial charge on any atom is -0.306 e. The highest BCUT2D eigenvalue weighted by Gasteiger charge is 2.36. The van der Waals surface area contributed by atoms with E-state index in [9.17, 15) is 0 Å². The Hall–Kier alpha value is -0.160. The van der Waals surface area contributed by atoms with Crippen LogP contribution in [0.5, 0.6) is 0 Å². The molecule has 4 heteroatoms. The zero-order valence-electron chi connectivity index (χ0n) is 8.09. The number of nitrogens with zero attached hydrogens (tertiary/aromatic N) is 1. The van der Waals surface area contributed by atoms with Gasteiger partial charge in [-0.3, -0.25) is 16.0 Å². The molecule has 0 spiro atoms. The minimum atomic E-state index is 0.145. The molecule has 0 aromatic heterocycles. The van der Waals surface area contributed by atoms with Crippen LogP contribution in [0.15, 0.2) is 0 Å². The molecule has 0 aliphatic carbocycles. The summed E-state index contributed by atoms with van der Waals surface area (Å²) < 4.78 is 0.854. The van der Waals surface area contributed by atoms with Gasteiger partial charge in [-0.15, -0.1) is 0 Å². The van der Waals surface area contributed by atoms with Crippen LogP contribution in [-0.4, -0.2) is 43.0 Å². The quantitative estimate of drug-likeness (QED) is 0.470. The molecule has 1 fully saturated rings. The topological polar surface area (TPSA) is 64.1 Å². The van der Waals surface area contributed by atoms with E-state index >= 15 is 0 Å². The third kappa shape index (κ3) is 1.61. The van der Waals surface area contributed by atoms with Gasteiger partial charge >= 0.3 is 0 Å². The number of hydrogen-bond acceptors (Lipinski definition) is 3. The number of nitrogens with one attached hydrogen (secondary N) is 1. The molecular weight excluding hydrogens is 152 g/mol. The fourth-order valence-electron chi connectivity index (χ4n) is 2.00. The lowest BCUT2D eigenvalue weighted by Crippen LogP contribution is -2.71. The van der Waals surface area contributed by atoms with E-state index in [0.29, 0.717) is 0 Å². The number of quaternary nitrogens is 1. The van der Waals surface area contributed by atoms with Crippen LogP contribution in [0.3, 0.4) is 0 Å². The number of rotatable bonds is 2. The Labute approximate surface area is 74.5 Å². The van der Waals surface area contributed by atoms with Crippen LogP contribution in [0.2, 0.25) is 0 Å². The van der Waals surface area contributed by atoms with Crippen molar-refractivity contribution in [1.82, 2.24) is 5.32 Å². The predicted molar refractivity (Wildman–Crippen MR) is 50.2 cm³/mol. The van der Waals surface area contributed by atoms with E-state index in [4.69, 9.17) is 11.5 Å². The van der Waals surface area contributed by atoms with Crippen molar-refractivity contribution < 1.29 is 4.48 Å². The van der Waals surface area contributed by atoms with Gasteiger partial charge in [0.15, 0.2) is 0 Å². The molecule has 0 amide bonds. The summed E-state index contributed by atoms with van der Waals surface area (Å²) >= 11 is 0. The summed E-state index contributed by atoms with van der Waals surface area (Å²) in [6, 6.07) is 0. The number of piperazine rings is 1. The van der Waals surface area contributed by atoms with Crippen LogP contribution in [0.1, 0.15) is 13.8 Å². The average Bonchev–Trinajstić information content (AvgIpc) is 2.05. The third-order valence-corrected chi connectivity index (χ3v) is 3.03. The van der Waals surface area contributed by atoms with Gasteiger partial charge in [-0.1, -0.05) is 0 Å². The highest BCUT2D eigenvalue weighted by atomic mass is 15.5. The fraction of sp³-hybridized carbons (Fsp3) is 1.00. The Morgan fingerprint density at radius 1 is 1.08 bits per heavy atom. The summed E-state index contributed by atoms with van der Waals surface area (Å²) in [5.41, 5.74) is 11.9. The first kappa shape index (κ1) is 9.92. The van der Waals surface area contributed by atoms with Crippen molar-refractivity contribution in [3.05, 3.63) is 0 Å². The number of nitrogens with two attached hydrogens (primary N) is 2. The average molecular weight is 173 g/mol. The SMILES string of the molecule is CC(N)[N+]1(C(C)N)CCNCC1. The summed E-state index contributed by atoms with van der Waals surface area (Å²) in [7, 11) is 0. The molecule has 1 aliphatic heterocycles. The highest BCUT2D eigenvalue weighted by Crippen LogP contribution is 2.14. The van der Waals surface area contributed by atoms with E-state index in [2.05, 4.69) is 19.2 Å². The minimum absolute atomic E-state index is 0.145. The molecule has 5 N–H and O–H groups in total.